The predicted molar refractivity (Wildman–Crippen MR) is 162 cm³/mol. The molecule has 2 saturated heterocycles. The molecule has 5 aromatic rings. The molecule has 218 valence electrons. The van der Waals surface area contributed by atoms with Crippen molar-refractivity contribution in [2.45, 2.75) is 18.8 Å². The zero-order chi connectivity index (χ0) is 29.2. The number of fused-ring (bicyclic) bond motifs is 3. The molecule has 0 aliphatic carbocycles. The Bertz CT molecular complexity index is 1810. The molecule has 0 spiro atoms. The Labute approximate surface area is 247 Å². The molecule has 0 saturated carbocycles. The average molecular weight is 580 g/mol. The van der Waals surface area contributed by atoms with Gasteiger partial charge in [0.25, 0.3) is 0 Å². The molecule has 43 heavy (non-hydrogen) atoms. The number of aromatic nitrogens is 4. The fourth-order valence-corrected chi connectivity index (χ4v) is 5.65. The van der Waals surface area contributed by atoms with Crippen molar-refractivity contribution >= 4 is 44.9 Å². The first kappa shape index (κ1) is 27.1. The van der Waals surface area contributed by atoms with Gasteiger partial charge in [0.2, 0.25) is 5.91 Å². The van der Waals surface area contributed by atoms with Crippen molar-refractivity contribution in [1.82, 2.24) is 24.6 Å². The first-order chi connectivity index (χ1) is 21.1. The number of nitrogens with zero attached hydrogens (tertiary/aromatic N) is 5. The van der Waals surface area contributed by atoms with Crippen molar-refractivity contribution < 1.29 is 18.7 Å². The average Bonchev–Trinajstić information content (AvgIpc) is 3.61. The van der Waals surface area contributed by atoms with Crippen LogP contribution < -0.4 is 10.6 Å². The Kier molecular flexibility index (Phi) is 7.50. The van der Waals surface area contributed by atoms with Crippen molar-refractivity contribution in [3.63, 3.8) is 0 Å². The Hall–Kier alpha value is -4.71. The van der Waals surface area contributed by atoms with E-state index in [2.05, 4.69) is 30.6 Å². The van der Waals surface area contributed by atoms with Gasteiger partial charge in [-0.05, 0) is 54.1 Å². The Balaban J connectivity index is 1.02. The normalized spacial score (nSPS) is 18.8. The smallest absolute Gasteiger partial charge is 0.248 e. The molecule has 1 amide bonds. The van der Waals surface area contributed by atoms with Crippen molar-refractivity contribution in [3.05, 3.63) is 96.7 Å². The van der Waals surface area contributed by atoms with Gasteiger partial charge >= 0.3 is 0 Å². The summed E-state index contributed by atoms with van der Waals surface area (Å²) >= 11 is 0. The number of halogens is 1. The minimum atomic E-state index is -0.266. The van der Waals surface area contributed by atoms with E-state index in [9.17, 15) is 9.18 Å². The highest BCUT2D eigenvalue weighted by atomic mass is 19.1. The molecule has 2 N–H and O–H groups in total. The molecule has 0 radical (unpaired) electrons. The molecule has 2 aliphatic rings. The number of likely N-dealkylation sites (tertiary alicyclic amines) is 1. The second-order valence-corrected chi connectivity index (χ2v) is 10.7. The van der Waals surface area contributed by atoms with E-state index in [1.165, 1.54) is 18.5 Å². The number of ether oxygens (including phenoxy) is 2. The number of benzene rings is 3. The van der Waals surface area contributed by atoms with Gasteiger partial charge in [-0.2, -0.15) is 5.10 Å². The molecule has 11 heteroatoms. The van der Waals surface area contributed by atoms with E-state index in [-0.39, 0.29) is 23.9 Å². The molecular weight excluding hydrogens is 549 g/mol. The van der Waals surface area contributed by atoms with Crippen molar-refractivity contribution in [2.24, 2.45) is 0 Å². The third-order valence-electron chi connectivity index (χ3n) is 7.70. The molecule has 4 heterocycles. The second kappa shape index (κ2) is 11.9. The first-order valence-electron chi connectivity index (χ1n) is 14.2. The largest absolute Gasteiger partial charge is 0.372 e. The van der Waals surface area contributed by atoms with Crippen LogP contribution in [0.5, 0.6) is 0 Å². The summed E-state index contributed by atoms with van der Waals surface area (Å²) in [6.45, 7) is 4.02. The first-order valence-corrected chi connectivity index (χ1v) is 14.2. The van der Waals surface area contributed by atoms with Gasteiger partial charge in [0.15, 0.2) is 0 Å². The third kappa shape index (κ3) is 6.09. The maximum Gasteiger partial charge on any atom is 0.248 e. The summed E-state index contributed by atoms with van der Waals surface area (Å²) in [6.07, 6.45) is 6.94. The zero-order valence-corrected chi connectivity index (χ0v) is 23.3. The van der Waals surface area contributed by atoms with Crippen molar-refractivity contribution in [2.75, 3.05) is 43.5 Å². The monoisotopic (exact) mass is 579 g/mol. The number of carbonyl (C=O) groups is 1. The topological polar surface area (TPSA) is 106 Å². The lowest BCUT2D eigenvalue weighted by atomic mass is 10.2. The molecule has 2 unspecified atom stereocenters. The molecule has 2 aliphatic heterocycles. The van der Waals surface area contributed by atoms with E-state index in [4.69, 9.17) is 9.47 Å². The van der Waals surface area contributed by atoms with Gasteiger partial charge in [-0.15, -0.1) is 0 Å². The third-order valence-corrected chi connectivity index (χ3v) is 7.70. The highest BCUT2D eigenvalue weighted by Crippen LogP contribution is 2.28. The van der Waals surface area contributed by atoms with Crippen molar-refractivity contribution in [3.8, 4) is 0 Å². The van der Waals surface area contributed by atoms with Gasteiger partial charge in [0.1, 0.15) is 18.0 Å². The summed E-state index contributed by atoms with van der Waals surface area (Å²) in [5.74, 6) is 0.136. The van der Waals surface area contributed by atoms with Gasteiger partial charge in [-0.25, -0.2) is 14.4 Å². The van der Waals surface area contributed by atoms with Gasteiger partial charge < -0.3 is 20.1 Å². The van der Waals surface area contributed by atoms with E-state index in [1.54, 1.807) is 18.3 Å². The number of hydrogen-bond donors (Lipinski definition) is 2. The highest BCUT2D eigenvalue weighted by Gasteiger charge is 2.35. The van der Waals surface area contributed by atoms with Crippen LogP contribution in [0.3, 0.4) is 0 Å². The molecule has 2 fully saturated rings. The fourth-order valence-electron chi connectivity index (χ4n) is 5.65. The standard InChI is InChI=1S/C32H30FN7O3/c33-23-4-1-3-21(13-23)17-40-28-9-7-24(14-22(28)16-36-40)38-32-26-15-25(6-8-27(26)34-20-35-32)37-31(41)5-2-10-39-18-29-30(19-39)43-12-11-42-29/h1-9,13-16,20,29-30H,10-12,17-19H2,(H,37,41)(H,34,35,38)/b5-2+. The number of anilines is 3. The molecule has 3 aromatic carbocycles. The van der Waals surface area contributed by atoms with Gasteiger partial charge in [-0.3, -0.25) is 14.4 Å². The van der Waals surface area contributed by atoms with Gasteiger partial charge in [-0.1, -0.05) is 18.2 Å². The molecular formula is C32H30FN7O3. The van der Waals surface area contributed by atoms with E-state index in [1.807, 2.05) is 53.2 Å². The molecule has 2 atom stereocenters. The minimum Gasteiger partial charge on any atom is -0.372 e. The molecule has 2 aromatic heterocycles. The lowest BCUT2D eigenvalue weighted by Gasteiger charge is -2.24. The van der Waals surface area contributed by atoms with Gasteiger partial charge in [0.05, 0.1) is 49.2 Å². The lowest BCUT2D eigenvalue weighted by molar-refractivity contribution is -0.116. The molecule has 7 rings (SSSR count). The van der Waals surface area contributed by atoms with Crippen LogP contribution in [0.4, 0.5) is 21.6 Å². The van der Waals surface area contributed by atoms with Crippen LogP contribution in [-0.2, 0) is 20.8 Å². The summed E-state index contributed by atoms with van der Waals surface area (Å²) in [4.78, 5) is 23.7. The fraction of sp³-hybridized carbons (Fsp3) is 0.250. The Morgan fingerprint density at radius 1 is 1.00 bits per heavy atom. The number of rotatable bonds is 8. The number of nitrogens with one attached hydrogen (secondary N) is 2. The second-order valence-electron chi connectivity index (χ2n) is 10.7. The van der Waals surface area contributed by atoms with Crippen LogP contribution in [0.15, 0.2) is 85.3 Å². The summed E-state index contributed by atoms with van der Waals surface area (Å²) in [5, 5.41) is 12.5. The van der Waals surface area contributed by atoms with Crippen LogP contribution in [0, 0.1) is 5.82 Å². The van der Waals surface area contributed by atoms with E-state index >= 15 is 0 Å². The maximum atomic E-state index is 13.6. The number of carbonyl (C=O) groups excluding carboxylic acids is 1. The van der Waals surface area contributed by atoms with Crippen LogP contribution in [0.25, 0.3) is 21.8 Å². The zero-order valence-electron chi connectivity index (χ0n) is 23.3. The molecule has 0 bridgehead atoms. The van der Waals surface area contributed by atoms with E-state index in [0.717, 1.165) is 46.1 Å². The van der Waals surface area contributed by atoms with Crippen molar-refractivity contribution in [1.29, 1.82) is 0 Å². The van der Waals surface area contributed by atoms with Crippen LogP contribution in [-0.4, -0.2) is 75.6 Å². The number of hydrogen-bond acceptors (Lipinski definition) is 8. The Morgan fingerprint density at radius 3 is 2.67 bits per heavy atom. The van der Waals surface area contributed by atoms with Crippen LogP contribution in [0.2, 0.25) is 0 Å². The summed E-state index contributed by atoms with van der Waals surface area (Å²) in [5.41, 5.74) is 3.99. The molecule has 10 nitrogen and oxygen atoms in total. The lowest BCUT2D eigenvalue weighted by Crippen LogP contribution is -2.36. The summed E-state index contributed by atoms with van der Waals surface area (Å²) < 4.78 is 27.0. The quantitative estimate of drug-likeness (QED) is 0.259. The maximum absolute atomic E-state index is 13.6. The van der Waals surface area contributed by atoms with Gasteiger partial charge in [0, 0.05) is 47.9 Å². The predicted octanol–water partition coefficient (Wildman–Crippen LogP) is 4.50. The van der Waals surface area contributed by atoms with Crippen LogP contribution in [0.1, 0.15) is 5.56 Å². The van der Waals surface area contributed by atoms with Crippen LogP contribution >= 0.6 is 0 Å². The summed E-state index contributed by atoms with van der Waals surface area (Å²) in [7, 11) is 0. The minimum absolute atomic E-state index is 0.116. The van der Waals surface area contributed by atoms with E-state index < -0.39 is 0 Å². The van der Waals surface area contributed by atoms with E-state index in [0.29, 0.717) is 37.8 Å². The summed E-state index contributed by atoms with van der Waals surface area (Å²) in [6, 6.07) is 18.0. The number of amides is 1. The Morgan fingerprint density at radius 2 is 1.84 bits per heavy atom. The highest BCUT2D eigenvalue weighted by molar-refractivity contribution is 6.02. The SMILES string of the molecule is O=C(/C=C/CN1CC2OCCOC2C1)Nc1ccc2ncnc(Nc3ccc4c(cnn4Cc4cccc(F)c4)c3)c2c1.